The first kappa shape index (κ1) is 78.9. The first-order valence-corrected chi connectivity index (χ1v) is 34.6. The molecule has 12 heteroatoms. The summed E-state index contributed by atoms with van der Waals surface area (Å²) in [5.74, 6) is -3.14. The highest BCUT2D eigenvalue weighted by Crippen LogP contribution is 2.27. The standard InChI is InChI=1S/C73H124O12/c1-4-7-10-13-16-19-22-25-28-31-33-36-38-41-44-47-50-53-56-59-65(74)81-62-64(83-66(75)60-57-54-51-48-45-42-40-37-34-32-29-26-23-20-17-14-11-8-5-2)63-82-73-71(69(78)68(77)70(85-73)72(79)80)84-67(76)61-58-55-52-49-46-43-39-35-30-27-24-21-18-15-12-9-6-3/h7,10,16-17,19-20,25-26,28-29,33-34,36-37,64,68-71,73,77-78H,4-6,8-9,11-15,18,21-24,27,30-32,35,38-63H2,1-3H3,(H,79,80)/b10-7-,19-16-,20-17-,28-25-,29-26-,36-33-,37-34-. The fourth-order valence-corrected chi connectivity index (χ4v) is 10.2. The molecule has 0 aromatic carbocycles. The minimum atomic E-state index is -1.91. The van der Waals surface area contributed by atoms with Crippen molar-refractivity contribution in [2.75, 3.05) is 13.2 Å². The van der Waals surface area contributed by atoms with Gasteiger partial charge in [0.25, 0.3) is 0 Å². The van der Waals surface area contributed by atoms with Gasteiger partial charge in [0.1, 0.15) is 18.8 Å². The molecule has 0 saturated carbocycles. The first-order valence-electron chi connectivity index (χ1n) is 34.6. The maximum absolute atomic E-state index is 13.2. The van der Waals surface area contributed by atoms with E-state index in [0.717, 1.165) is 141 Å². The highest BCUT2D eigenvalue weighted by molar-refractivity contribution is 5.74. The Morgan fingerprint density at radius 3 is 1.15 bits per heavy atom. The smallest absolute Gasteiger partial charge is 0.335 e. The molecule has 1 aliphatic heterocycles. The van der Waals surface area contributed by atoms with E-state index in [4.69, 9.17) is 23.7 Å². The second-order valence-corrected chi connectivity index (χ2v) is 23.4. The summed E-state index contributed by atoms with van der Waals surface area (Å²) in [5, 5.41) is 31.7. The van der Waals surface area contributed by atoms with Crippen LogP contribution in [0, 0.1) is 0 Å². The average molecular weight is 1190 g/mol. The van der Waals surface area contributed by atoms with Gasteiger partial charge in [0.05, 0.1) is 6.61 Å². The number of hydrogen-bond acceptors (Lipinski definition) is 11. The van der Waals surface area contributed by atoms with E-state index in [0.29, 0.717) is 19.3 Å². The predicted octanol–water partition coefficient (Wildman–Crippen LogP) is 19.0. The van der Waals surface area contributed by atoms with Gasteiger partial charge in [-0.2, -0.15) is 0 Å². The number of aliphatic hydroxyl groups is 2. The third-order valence-corrected chi connectivity index (χ3v) is 15.5. The summed E-state index contributed by atoms with van der Waals surface area (Å²) >= 11 is 0. The van der Waals surface area contributed by atoms with Crippen molar-refractivity contribution in [3.8, 4) is 0 Å². The van der Waals surface area contributed by atoms with E-state index >= 15 is 0 Å². The summed E-state index contributed by atoms with van der Waals surface area (Å²) < 4.78 is 28.6. The average Bonchev–Trinajstić information content (AvgIpc) is 3.46. The maximum atomic E-state index is 13.2. The first-order chi connectivity index (χ1) is 41.6. The van der Waals surface area contributed by atoms with Crippen LogP contribution in [0.3, 0.4) is 0 Å². The van der Waals surface area contributed by atoms with Gasteiger partial charge in [0.15, 0.2) is 24.6 Å². The van der Waals surface area contributed by atoms with Crippen LogP contribution in [0.1, 0.15) is 303 Å². The lowest BCUT2D eigenvalue weighted by atomic mass is 9.98. The van der Waals surface area contributed by atoms with Gasteiger partial charge in [0, 0.05) is 19.3 Å². The number of esters is 3. The molecule has 85 heavy (non-hydrogen) atoms. The number of carboxylic acids is 1. The monoisotopic (exact) mass is 1190 g/mol. The largest absolute Gasteiger partial charge is 0.479 e. The Bertz CT molecular complexity index is 1800. The van der Waals surface area contributed by atoms with Crippen LogP contribution >= 0.6 is 0 Å². The van der Waals surface area contributed by atoms with Crippen LogP contribution < -0.4 is 0 Å². The number of rotatable bonds is 59. The lowest BCUT2D eigenvalue weighted by molar-refractivity contribution is -0.301. The molecule has 0 aromatic heterocycles. The summed E-state index contributed by atoms with van der Waals surface area (Å²) in [7, 11) is 0. The minimum absolute atomic E-state index is 0.0587. The van der Waals surface area contributed by atoms with Crippen molar-refractivity contribution in [1.82, 2.24) is 0 Å². The van der Waals surface area contributed by atoms with E-state index in [1.807, 2.05) is 0 Å². The Morgan fingerprint density at radius 2 is 0.741 bits per heavy atom. The molecule has 1 aliphatic rings. The van der Waals surface area contributed by atoms with Gasteiger partial charge in [-0.1, -0.05) is 273 Å². The van der Waals surface area contributed by atoms with Crippen molar-refractivity contribution in [1.29, 1.82) is 0 Å². The Labute approximate surface area is 518 Å². The predicted molar refractivity (Wildman–Crippen MR) is 349 cm³/mol. The Morgan fingerprint density at radius 1 is 0.400 bits per heavy atom. The molecule has 488 valence electrons. The molecule has 0 aliphatic carbocycles. The van der Waals surface area contributed by atoms with E-state index in [-0.39, 0.29) is 25.9 Å². The van der Waals surface area contributed by atoms with Gasteiger partial charge in [-0.15, -0.1) is 0 Å². The Kier molecular flexibility index (Phi) is 55.9. The van der Waals surface area contributed by atoms with Crippen molar-refractivity contribution < 1.29 is 58.2 Å². The molecule has 0 bridgehead atoms. The Balaban J connectivity index is 2.66. The van der Waals surface area contributed by atoms with Crippen LogP contribution in [0.5, 0.6) is 0 Å². The molecule has 0 spiro atoms. The minimum Gasteiger partial charge on any atom is -0.479 e. The van der Waals surface area contributed by atoms with Gasteiger partial charge < -0.3 is 39.0 Å². The molecule has 0 amide bonds. The number of carbonyl (C=O) groups excluding carboxylic acids is 3. The zero-order valence-corrected chi connectivity index (χ0v) is 54.1. The van der Waals surface area contributed by atoms with Crippen LogP contribution in [0.4, 0.5) is 0 Å². The van der Waals surface area contributed by atoms with Crippen molar-refractivity contribution in [3.05, 3.63) is 85.1 Å². The van der Waals surface area contributed by atoms with E-state index in [9.17, 15) is 34.5 Å². The van der Waals surface area contributed by atoms with Crippen LogP contribution in [0.25, 0.3) is 0 Å². The van der Waals surface area contributed by atoms with Crippen molar-refractivity contribution in [2.24, 2.45) is 0 Å². The SMILES string of the molecule is CC/C=C\C/C=C\C/C=C\C/C=C\CCCCCCCCC(=O)OCC(COC1OC(C(=O)O)C(O)C(O)C1OC(=O)CCCCCCCCCCCCCCCCCCC)OC(=O)CCCCCCCC/C=C\C/C=C\C/C=C\CCCCC. The topological polar surface area (TPSA) is 175 Å². The lowest BCUT2D eigenvalue weighted by Gasteiger charge is -2.40. The summed E-state index contributed by atoms with van der Waals surface area (Å²) in [6, 6.07) is 0. The second kappa shape index (κ2) is 60.2. The fourth-order valence-electron chi connectivity index (χ4n) is 10.2. The normalized spacial score (nSPS) is 18.0. The molecule has 0 radical (unpaired) electrons. The lowest BCUT2D eigenvalue weighted by Crippen LogP contribution is -2.61. The number of carbonyl (C=O) groups is 4. The molecule has 1 heterocycles. The summed E-state index contributed by atoms with van der Waals surface area (Å²) in [4.78, 5) is 51.5. The van der Waals surface area contributed by atoms with Gasteiger partial charge in [0.2, 0.25) is 0 Å². The van der Waals surface area contributed by atoms with Crippen molar-refractivity contribution in [2.45, 2.75) is 340 Å². The number of allylic oxidation sites excluding steroid dienone is 14. The maximum Gasteiger partial charge on any atom is 0.335 e. The molecule has 6 unspecified atom stereocenters. The highest BCUT2D eigenvalue weighted by atomic mass is 16.7. The van der Waals surface area contributed by atoms with Crippen LogP contribution in [0.2, 0.25) is 0 Å². The van der Waals surface area contributed by atoms with Gasteiger partial charge in [-0.3, -0.25) is 14.4 Å². The number of ether oxygens (including phenoxy) is 5. The fraction of sp³-hybridized carbons (Fsp3) is 0.753. The third-order valence-electron chi connectivity index (χ3n) is 15.5. The number of carboxylic acid groups (broad SMARTS) is 1. The van der Waals surface area contributed by atoms with Crippen molar-refractivity contribution >= 4 is 23.9 Å². The van der Waals surface area contributed by atoms with E-state index < -0.39 is 67.3 Å². The number of unbranched alkanes of at least 4 members (excludes halogenated alkanes) is 31. The van der Waals surface area contributed by atoms with Crippen molar-refractivity contribution in [3.63, 3.8) is 0 Å². The van der Waals surface area contributed by atoms with Gasteiger partial charge in [-0.05, 0) is 96.3 Å². The van der Waals surface area contributed by atoms with E-state index in [1.165, 1.54) is 103 Å². The molecule has 3 N–H and O–H groups in total. The molecule has 1 fully saturated rings. The zero-order valence-electron chi connectivity index (χ0n) is 54.1. The summed E-state index contributed by atoms with van der Waals surface area (Å²) in [6.07, 6.45) is 66.7. The molecule has 12 nitrogen and oxygen atoms in total. The quantitative estimate of drug-likeness (QED) is 0.0228. The number of hydrogen-bond donors (Lipinski definition) is 3. The molecule has 1 saturated heterocycles. The van der Waals surface area contributed by atoms with Gasteiger partial charge in [-0.25, -0.2) is 4.79 Å². The zero-order chi connectivity index (χ0) is 61.7. The van der Waals surface area contributed by atoms with Gasteiger partial charge >= 0.3 is 23.9 Å². The molecule has 0 aromatic rings. The van der Waals surface area contributed by atoms with Crippen LogP contribution in [-0.2, 0) is 42.9 Å². The molecule has 6 atom stereocenters. The molecule has 1 rings (SSSR count). The highest BCUT2D eigenvalue weighted by Gasteiger charge is 2.50. The van der Waals surface area contributed by atoms with E-state index in [2.05, 4.69) is 106 Å². The summed E-state index contributed by atoms with van der Waals surface area (Å²) in [5.41, 5.74) is 0. The van der Waals surface area contributed by atoms with Crippen LogP contribution in [0.15, 0.2) is 85.1 Å². The molecular weight excluding hydrogens is 1070 g/mol. The molecular formula is C73H124O12. The van der Waals surface area contributed by atoms with Crippen LogP contribution in [-0.4, -0.2) is 89.2 Å². The number of aliphatic carboxylic acids is 1. The third kappa shape index (κ3) is 49.6. The Hall–Kier alpha value is -4.10. The second-order valence-electron chi connectivity index (χ2n) is 23.4. The van der Waals surface area contributed by atoms with E-state index in [1.54, 1.807) is 0 Å². The number of aliphatic hydroxyl groups excluding tert-OH is 2. The summed E-state index contributed by atoms with van der Waals surface area (Å²) in [6.45, 7) is 5.88.